The lowest BCUT2D eigenvalue weighted by molar-refractivity contribution is 0.297. The average Bonchev–Trinajstić information content (AvgIpc) is 3.03. The predicted octanol–water partition coefficient (Wildman–Crippen LogP) is 3.85. The van der Waals surface area contributed by atoms with Crippen LogP contribution in [0.5, 0.6) is 11.5 Å². The van der Waals surface area contributed by atoms with Gasteiger partial charge in [-0.05, 0) is 24.3 Å². The maximum atomic E-state index is 5.73. The lowest BCUT2D eigenvalue weighted by Gasteiger charge is -2.13. The summed E-state index contributed by atoms with van der Waals surface area (Å²) in [6, 6.07) is 9.62. The molecule has 7 heteroatoms. The molecule has 1 aromatic carbocycles. The molecule has 0 saturated carbocycles. The van der Waals surface area contributed by atoms with Crippen molar-refractivity contribution in [3.8, 4) is 11.5 Å². The van der Waals surface area contributed by atoms with Crippen LogP contribution in [-0.2, 0) is 6.42 Å². The topological polar surface area (TPSA) is 68.0 Å². The van der Waals surface area contributed by atoms with Crippen molar-refractivity contribution in [1.82, 2.24) is 5.32 Å². The van der Waals surface area contributed by atoms with Gasteiger partial charge in [-0.25, -0.2) is 0 Å². The van der Waals surface area contributed by atoms with E-state index in [2.05, 4.69) is 22.2 Å². The standard InChI is InChI=1S/C19H23N3O3.HI/c1-2-9-20-19(21-10-8-16-5-3-11-23-16)22-15-6-7-17-18(14-15)25-13-4-12-24-17;/h2-3,5-7,11,14H,1,4,8-10,12-13H2,(H2,20,21,22);1H. The Morgan fingerprint density at radius 1 is 1.19 bits per heavy atom. The Balaban J connectivity index is 0.00000243. The summed E-state index contributed by atoms with van der Waals surface area (Å²) in [7, 11) is 0. The smallest absolute Gasteiger partial charge is 0.196 e. The molecule has 0 radical (unpaired) electrons. The van der Waals surface area contributed by atoms with Gasteiger partial charge in [-0.3, -0.25) is 4.99 Å². The molecule has 0 amide bonds. The second-order valence-electron chi connectivity index (χ2n) is 5.57. The lowest BCUT2D eigenvalue weighted by atomic mass is 10.2. The highest BCUT2D eigenvalue weighted by Crippen LogP contribution is 2.32. The van der Waals surface area contributed by atoms with Crippen molar-refractivity contribution < 1.29 is 13.9 Å². The Labute approximate surface area is 170 Å². The summed E-state index contributed by atoms with van der Waals surface area (Å²) in [5.74, 6) is 3.13. The zero-order valence-corrected chi connectivity index (χ0v) is 16.9. The van der Waals surface area contributed by atoms with Crippen LogP contribution in [0, 0.1) is 0 Å². The Morgan fingerprint density at radius 3 is 2.81 bits per heavy atom. The number of hydrogen-bond acceptors (Lipinski definition) is 4. The van der Waals surface area contributed by atoms with Gasteiger partial charge in [-0.15, -0.1) is 30.6 Å². The minimum atomic E-state index is 0. The summed E-state index contributed by atoms with van der Waals surface area (Å²) in [6.45, 7) is 6.31. The van der Waals surface area contributed by atoms with Gasteiger partial charge in [0.15, 0.2) is 17.5 Å². The molecule has 0 bridgehead atoms. The number of benzene rings is 1. The zero-order chi connectivity index (χ0) is 17.3. The maximum Gasteiger partial charge on any atom is 0.196 e. The first-order valence-corrected chi connectivity index (χ1v) is 8.43. The van der Waals surface area contributed by atoms with Crippen molar-refractivity contribution in [3.05, 3.63) is 55.0 Å². The largest absolute Gasteiger partial charge is 0.490 e. The van der Waals surface area contributed by atoms with Gasteiger partial charge in [0.25, 0.3) is 0 Å². The van der Waals surface area contributed by atoms with E-state index in [1.165, 1.54) is 0 Å². The Morgan fingerprint density at radius 2 is 2.04 bits per heavy atom. The first-order valence-electron chi connectivity index (χ1n) is 8.43. The molecule has 1 aliphatic heterocycles. The first kappa shape index (κ1) is 20.2. The monoisotopic (exact) mass is 469 g/mol. The molecule has 6 nitrogen and oxygen atoms in total. The van der Waals surface area contributed by atoms with Gasteiger partial charge in [0, 0.05) is 37.7 Å². The highest BCUT2D eigenvalue weighted by atomic mass is 127. The van der Waals surface area contributed by atoms with E-state index in [1.54, 1.807) is 12.3 Å². The number of anilines is 1. The molecule has 26 heavy (non-hydrogen) atoms. The molecule has 3 rings (SSSR count). The SMILES string of the molecule is C=CCNC(=NCCc1ccco1)Nc1ccc2c(c1)OCCCO2.I. The molecule has 1 aromatic heterocycles. The predicted molar refractivity (Wildman–Crippen MR) is 114 cm³/mol. The molecule has 0 fully saturated rings. The Kier molecular flexibility index (Phi) is 8.33. The van der Waals surface area contributed by atoms with E-state index in [1.807, 2.05) is 30.3 Å². The van der Waals surface area contributed by atoms with Crippen LogP contribution in [-0.4, -0.2) is 32.3 Å². The van der Waals surface area contributed by atoms with Crippen molar-refractivity contribution in [2.45, 2.75) is 12.8 Å². The third-order valence-corrected chi connectivity index (χ3v) is 3.63. The van der Waals surface area contributed by atoms with Crippen LogP contribution >= 0.6 is 24.0 Å². The van der Waals surface area contributed by atoms with Crippen LogP contribution in [0.4, 0.5) is 5.69 Å². The molecule has 2 aromatic rings. The third-order valence-electron chi connectivity index (χ3n) is 3.63. The van der Waals surface area contributed by atoms with Crippen LogP contribution in [0.15, 0.2) is 58.7 Å². The minimum absolute atomic E-state index is 0. The Bertz CT molecular complexity index is 717. The van der Waals surface area contributed by atoms with Gasteiger partial charge in [0.1, 0.15) is 5.76 Å². The molecule has 2 heterocycles. The maximum absolute atomic E-state index is 5.73. The number of nitrogens with zero attached hydrogens (tertiary/aromatic N) is 1. The number of furan rings is 1. The van der Waals surface area contributed by atoms with E-state index in [-0.39, 0.29) is 24.0 Å². The van der Waals surface area contributed by atoms with Gasteiger partial charge in [-0.1, -0.05) is 6.08 Å². The zero-order valence-electron chi connectivity index (χ0n) is 14.6. The van der Waals surface area contributed by atoms with Crippen molar-refractivity contribution >= 4 is 35.6 Å². The fourth-order valence-corrected chi connectivity index (χ4v) is 2.42. The number of hydrogen-bond donors (Lipinski definition) is 2. The van der Waals surface area contributed by atoms with E-state index in [9.17, 15) is 0 Å². The summed E-state index contributed by atoms with van der Waals surface area (Å²) >= 11 is 0. The molecule has 0 spiro atoms. The van der Waals surface area contributed by atoms with Crippen molar-refractivity contribution in [2.24, 2.45) is 4.99 Å². The average molecular weight is 469 g/mol. The van der Waals surface area contributed by atoms with Crippen LogP contribution in [0.2, 0.25) is 0 Å². The minimum Gasteiger partial charge on any atom is -0.490 e. The van der Waals surface area contributed by atoms with Crippen LogP contribution in [0.3, 0.4) is 0 Å². The summed E-state index contributed by atoms with van der Waals surface area (Å²) in [4.78, 5) is 4.58. The number of halogens is 1. The van der Waals surface area contributed by atoms with Gasteiger partial charge < -0.3 is 24.5 Å². The summed E-state index contributed by atoms with van der Waals surface area (Å²) in [6.07, 6.45) is 5.09. The van der Waals surface area contributed by atoms with Crippen molar-refractivity contribution in [3.63, 3.8) is 0 Å². The molecule has 0 unspecified atom stereocenters. The van der Waals surface area contributed by atoms with Gasteiger partial charge in [0.2, 0.25) is 0 Å². The molecular weight excluding hydrogens is 445 g/mol. The number of aliphatic imine (C=N–C) groups is 1. The normalized spacial score (nSPS) is 13.3. The Hall–Kier alpha value is -2.16. The van der Waals surface area contributed by atoms with Gasteiger partial charge >= 0.3 is 0 Å². The van der Waals surface area contributed by atoms with Crippen molar-refractivity contribution in [2.75, 3.05) is 31.6 Å². The third kappa shape index (κ3) is 5.98. The number of ether oxygens (including phenoxy) is 2. The lowest BCUT2D eigenvalue weighted by Crippen LogP contribution is -2.31. The fraction of sp³-hybridized carbons (Fsp3) is 0.316. The number of nitrogens with one attached hydrogen (secondary N) is 2. The highest BCUT2D eigenvalue weighted by molar-refractivity contribution is 14.0. The summed E-state index contributed by atoms with van der Waals surface area (Å²) in [5, 5.41) is 6.50. The van der Waals surface area contributed by atoms with E-state index in [4.69, 9.17) is 13.9 Å². The van der Waals surface area contributed by atoms with Crippen LogP contribution in [0.25, 0.3) is 0 Å². The molecule has 2 N–H and O–H groups in total. The summed E-state index contributed by atoms with van der Waals surface area (Å²) in [5.41, 5.74) is 0.887. The highest BCUT2D eigenvalue weighted by Gasteiger charge is 2.11. The van der Waals surface area contributed by atoms with Crippen molar-refractivity contribution in [1.29, 1.82) is 0 Å². The first-order chi connectivity index (χ1) is 12.3. The second-order valence-corrected chi connectivity index (χ2v) is 5.57. The number of fused-ring (bicyclic) bond motifs is 1. The molecule has 140 valence electrons. The quantitative estimate of drug-likeness (QED) is 0.291. The van der Waals surface area contributed by atoms with Gasteiger partial charge in [-0.2, -0.15) is 0 Å². The molecule has 0 saturated heterocycles. The number of guanidine groups is 1. The van der Waals surface area contributed by atoms with E-state index in [0.717, 1.165) is 35.8 Å². The van der Waals surface area contributed by atoms with Crippen LogP contribution < -0.4 is 20.1 Å². The van der Waals surface area contributed by atoms with E-state index >= 15 is 0 Å². The molecule has 1 aliphatic rings. The molecule has 0 atom stereocenters. The molecular formula is C19H24IN3O3. The van der Waals surface area contributed by atoms with E-state index < -0.39 is 0 Å². The van der Waals surface area contributed by atoms with E-state index in [0.29, 0.717) is 32.3 Å². The number of rotatable bonds is 6. The fourth-order valence-electron chi connectivity index (χ4n) is 2.42. The molecule has 0 aliphatic carbocycles. The second kappa shape index (κ2) is 10.7. The summed E-state index contributed by atoms with van der Waals surface area (Å²) < 4.78 is 16.7. The van der Waals surface area contributed by atoms with Crippen LogP contribution in [0.1, 0.15) is 12.2 Å². The van der Waals surface area contributed by atoms with Gasteiger partial charge in [0.05, 0.1) is 19.5 Å².